The average molecular weight is 371 g/mol. The largest absolute Gasteiger partial charge is 0.346 e. The van der Waals surface area contributed by atoms with Crippen molar-refractivity contribution < 1.29 is 23.2 Å². The van der Waals surface area contributed by atoms with Gasteiger partial charge in [-0.1, -0.05) is 0 Å². The van der Waals surface area contributed by atoms with Crippen LogP contribution in [0.2, 0.25) is 0 Å². The lowest BCUT2D eigenvalue weighted by Crippen LogP contribution is -2.47. The van der Waals surface area contributed by atoms with E-state index in [0.29, 0.717) is 17.8 Å². The first-order chi connectivity index (χ1) is 12.3. The summed E-state index contributed by atoms with van der Waals surface area (Å²) in [6.07, 6.45) is 1.29. The third-order valence-corrected chi connectivity index (χ3v) is 4.44. The lowest BCUT2D eigenvalue weighted by molar-refractivity contribution is -0.142. The first-order valence-electron chi connectivity index (χ1n) is 8.48. The first-order valence-corrected chi connectivity index (χ1v) is 8.48. The SMILES string of the molecule is CCN(CC)C(=O)[C@@H]1C[C@@H](NC(=O)c2ccn(C(F)F)n2)CN1C(C)=O. The summed E-state index contributed by atoms with van der Waals surface area (Å²) >= 11 is 0. The van der Waals surface area contributed by atoms with Crippen molar-refractivity contribution in [1.29, 1.82) is 0 Å². The molecule has 1 aliphatic rings. The quantitative estimate of drug-likeness (QED) is 0.804. The summed E-state index contributed by atoms with van der Waals surface area (Å²) in [5, 5.41) is 6.18. The minimum Gasteiger partial charge on any atom is -0.346 e. The maximum atomic E-state index is 12.6. The Balaban J connectivity index is 2.07. The molecule has 1 aromatic heterocycles. The molecule has 1 aromatic rings. The molecule has 0 aliphatic carbocycles. The minimum atomic E-state index is -2.83. The zero-order valence-electron chi connectivity index (χ0n) is 15.0. The molecule has 0 radical (unpaired) electrons. The predicted molar refractivity (Wildman–Crippen MR) is 88.5 cm³/mol. The van der Waals surface area contributed by atoms with Crippen molar-refractivity contribution in [3.05, 3.63) is 18.0 Å². The van der Waals surface area contributed by atoms with Gasteiger partial charge in [0.1, 0.15) is 11.7 Å². The molecule has 26 heavy (non-hydrogen) atoms. The van der Waals surface area contributed by atoms with E-state index in [1.165, 1.54) is 17.9 Å². The zero-order chi connectivity index (χ0) is 19.4. The third-order valence-electron chi connectivity index (χ3n) is 4.44. The maximum absolute atomic E-state index is 12.6. The second kappa shape index (κ2) is 8.24. The van der Waals surface area contributed by atoms with E-state index in [1.54, 1.807) is 4.90 Å². The van der Waals surface area contributed by atoms with Crippen molar-refractivity contribution in [2.24, 2.45) is 0 Å². The smallest absolute Gasteiger partial charge is 0.333 e. The second-order valence-electron chi connectivity index (χ2n) is 6.06. The summed E-state index contributed by atoms with van der Waals surface area (Å²) < 4.78 is 25.5. The number of nitrogens with one attached hydrogen (secondary N) is 1. The molecule has 0 unspecified atom stereocenters. The van der Waals surface area contributed by atoms with Crippen LogP contribution in [0.1, 0.15) is 44.2 Å². The van der Waals surface area contributed by atoms with Gasteiger partial charge in [-0.25, -0.2) is 4.68 Å². The van der Waals surface area contributed by atoms with Crippen molar-refractivity contribution in [3.8, 4) is 0 Å². The molecule has 0 bridgehead atoms. The lowest BCUT2D eigenvalue weighted by Gasteiger charge is -2.28. The van der Waals surface area contributed by atoms with Gasteiger partial charge >= 0.3 is 6.55 Å². The highest BCUT2D eigenvalue weighted by molar-refractivity contribution is 5.93. The van der Waals surface area contributed by atoms with Crippen molar-refractivity contribution in [1.82, 2.24) is 24.9 Å². The number of halogens is 2. The van der Waals surface area contributed by atoms with Crippen molar-refractivity contribution >= 4 is 17.7 Å². The maximum Gasteiger partial charge on any atom is 0.333 e. The number of alkyl halides is 2. The van der Waals surface area contributed by atoms with Gasteiger partial charge in [-0.15, -0.1) is 0 Å². The molecule has 1 fully saturated rings. The molecule has 0 spiro atoms. The van der Waals surface area contributed by atoms with E-state index < -0.39 is 24.5 Å². The minimum absolute atomic E-state index is 0.141. The Morgan fingerprint density at radius 3 is 2.50 bits per heavy atom. The number of hydrogen-bond acceptors (Lipinski definition) is 4. The molecule has 0 aromatic carbocycles. The topological polar surface area (TPSA) is 87.5 Å². The van der Waals surface area contributed by atoms with Gasteiger partial charge in [0.25, 0.3) is 5.91 Å². The van der Waals surface area contributed by atoms with Crippen molar-refractivity contribution in [2.45, 2.75) is 45.8 Å². The summed E-state index contributed by atoms with van der Waals surface area (Å²) in [4.78, 5) is 39.8. The van der Waals surface area contributed by atoms with E-state index in [-0.39, 0.29) is 30.5 Å². The van der Waals surface area contributed by atoms with Gasteiger partial charge in [-0.05, 0) is 26.3 Å². The molecule has 2 heterocycles. The summed E-state index contributed by atoms with van der Waals surface area (Å²) in [5.74, 6) is -1.04. The Labute approximate surface area is 150 Å². The van der Waals surface area contributed by atoms with Gasteiger partial charge in [-0.2, -0.15) is 13.9 Å². The van der Waals surface area contributed by atoms with Crippen LogP contribution >= 0.6 is 0 Å². The summed E-state index contributed by atoms with van der Waals surface area (Å²) in [5.41, 5.74) is -0.141. The number of amides is 3. The van der Waals surface area contributed by atoms with Gasteiger partial charge in [0.15, 0.2) is 0 Å². The lowest BCUT2D eigenvalue weighted by atomic mass is 10.1. The molecule has 10 heteroatoms. The highest BCUT2D eigenvalue weighted by Gasteiger charge is 2.40. The van der Waals surface area contributed by atoms with E-state index >= 15 is 0 Å². The molecule has 3 amide bonds. The Morgan fingerprint density at radius 2 is 2.00 bits per heavy atom. The molecule has 8 nitrogen and oxygen atoms in total. The van der Waals surface area contributed by atoms with Crippen LogP contribution in [0.5, 0.6) is 0 Å². The molecular formula is C16H23F2N5O3. The Hall–Kier alpha value is -2.52. The van der Waals surface area contributed by atoms with Crippen LogP contribution in [0.25, 0.3) is 0 Å². The number of aromatic nitrogens is 2. The van der Waals surface area contributed by atoms with Crippen LogP contribution in [-0.2, 0) is 9.59 Å². The third kappa shape index (κ3) is 4.17. The normalized spacial score (nSPS) is 19.7. The van der Waals surface area contributed by atoms with Gasteiger partial charge in [-0.3, -0.25) is 14.4 Å². The fourth-order valence-electron chi connectivity index (χ4n) is 3.10. The number of nitrogens with zero attached hydrogens (tertiary/aromatic N) is 4. The molecule has 2 atom stereocenters. The standard InChI is InChI=1S/C16H23F2N5O3/c1-4-21(5-2)15(26)13-8-11(9-22(13)10(3)24)19-14(25)12-6-7-23(20-12)16(17)18/h6-7,11,13,16H,4-5,8-9H2,1-3H3,(H,19,25)/t11-,13+/m1/s1. The Kier molecular flexibility index (Phi) is 6.27. The van der Waals surface area contributed by atoms with E-state index in [9.17, 15) is 23.2 Å². The van der Waals surface area contributed by atoms with Gasteiger partial charge in [0.05, 0.1) is 0 Å². The molecule has 1 aliphatic heterocycles. The van der Waals surface area contributed by atoms with E-state index in [2.05, 4.69) is 10.4 Å². The average Bonchev–Trinajstić information content (AvgIpc) is 3.23. The highest BCUT2D eigenvalue weighted by atomic mass is 19.3. The fourth-order valence-corrected chi connectivity index (χ4v) is 3.10. The van der Waals surface area contributed by atoms with Crippen molar-refractivity contribution in [3.63, 3.8) is 0 Å². The Bertz CT molecular complexity index is 675. The molecule has 0 saturated carbocycles. The summed E-state index contributed by atoms with van der Waals surface area (Å²) in [7, 11) is 0. The number of carbonyl (C=O) groups excluding carboxylic acids is 3. The van der Waals surface area contributed by atoms with Crippen molar-refractivity contribution in [2.75, 3.05) is 19.6 Å². The monoisotopic (exact) mass is 371 g/mol. The molecular weight excluding hydrogens is 348 g/mol. The number of carbonyl (C=O) groups is 3. The molecule has 1 saturated heterocycles. The van der Waals surface area contributed by atoms with Crippen LogP contribution in [0.3, 0.4) is 0 Å². The van der Waals surface area contributed by atoms with Crippen LogP contribution in [0.4, 0.5) is 8.78 Å². The van der Waals surface area contributed by atoms with Gasteiger partial charge in [0.2, 0.25) is 11.8 Å². The molecule has 144 valence electrons. The molecule has 1 N–H and O–H groups in total. The van der Waals surface area contributed by atoms with E-state index in [4.69, 9.17) is 0 Å². The second-order valence-corrected chi connectivity index (χ2v) is 6.06. The number of hydrogen-bond donors (Lipinski definition) is 1. The highest BCUT2D eigenvalue weighted by Crippen LogP contribution is 2.21. The van der Waals surface area contributed by atoms with Crippen LogP contribution in [0, 0.1) is 0 Å². The van der Waals surface area contributed by atoms with Gasteiger partial charge in [0, 0.05) is 38.8 Å². The number of likely N-dealkylation sites (N-methyl/N-ethyl adjacent to an activating group) is 1. The van der Waals surface area contributed by atoms with Crippen LogP contribution in [-0.4, -0.2) is 69.0 Å². The first kappa shape index (κ1) is 19.8. The van der Waals surface area contributed by atoms with Crippen LogP contribution in [0.15, 0.2) is 12.3 Å². The van der Waals surface area contributed by atoms with E-state index in [1.807, 2.05) is 13.8 Å². The predicted octanol–water partition coefficient (Wildman–Crippen LogP) is 0.866. The summed E-state index contributed by atoms with van der Waals surface area (Å²) in [6, 6.07) is 0.0986. The zero-order valence-corrected chi connectivity index (χ0v) is 15.0. The Morgan fingerprint density at radius 1 is 1.35 bits per heavy atom. The number of likely N-dealkylation sites (tertiary alicyclic amines) is 1. The van der Waals surface area contributed by atoms with Gasteiger partial charge < -0.3 is 15.1 Å². The molecule has 2 rings (SSSR count). The number of rotatable bonds is 6. The fraction of sp³-hybridized carbons (Fsp3) is 0.625. The van der Waals surface area contributed by atoms with Crippen LogP contribution < -0.4 is 5.32 Å². The summed E-state index contributed by atoms with van der Waals surface area (Å²) in [6.45, 7) is 3.50. The van der Waals surface area contributed by atoms with E-state index in [0.717, 1.165) is 6.20 Å².